The van der Waals surface area contributed by atoms with E-state index in [-0.39, 0.29) is 18.9 Å². The van der Waals surface area contributed by atoms with Gasteiger partial charge >= 0.3 is 5.97 Å². The van der Waals surface area contributed by atoms with Gasteiger partial charge in [-0.2, -0.15) is 0 Å². The Morgan fingerprint density at radius 3 is 2.59 bits per heavy atom. The number of fused-ring (bicyclic) bond motifs is 1. The van der Waals surface area contributed by atoms with Gasteiger partial charge < -0.3 is 4.74 Å². The molecule has 0 bridgehead atoms. The molecule has 0 aliphatic heterocycles. The number of benzene rings is 1. The lowest BCUT2D eigenvalue weighted by atomic mass is 10.2. The summed E-state index contributed by atoms with van der Waals surface area (Å²) in [5, 5.41) is 0.964. The molecule has 142 valence electrons. The van der Waals surface area contributed by atoms with Gasteiger partial charge in [0.15, 0.2) is 6.61 Å². The van der Waals surface area contributed by atoms with Gasteiger partial charge in [0.05, 0.1) is 11.1 Å². The summed E-state index contributed by atoms with van der Waals surface area (Å²) in [7, 11) is -3.23. The highest BCUT2D eigenvalue weighted by Gasteiger charge is 2.16. The molecule has 0 aliphatic carbocycles. The zero-order valence-electron chi connectivity index (χ0n) is 14.4. The monoisotopic (exact) mass is 423 g/mol. The van der Waals surface area contributed by atoms with Crippen LogP contribution in [0.15, 0.2) is 42.5 Å². The van der Waals surface area contributed by atoms with Crippen molar-refractivity contribution in [1.82, 2.24) is 4.72 Å². The van der Waals surface area contributed by atoms with Crippen molar-refractivity contribution in [2.75, 3.05) is 19.4 Å². The summed E-state index contributed by atoms with van der Waals surface area (Å²) in [5.74, 6) is -0.796. The van der Waals surface area contributed by atoms with Crippen LogP contribution < -0.4 is 4.72 Å². The molecule has 0 fully saturated rings. The third-order valence-corrected chi connectivity index (χ3v) is 6.64. The lowest BCUT2D eigenvalue weighted by Crippen LogP contribution is -2.24. The number of ketones is 1. The molecule has 0 saturated heterocycles. The minimum absolute atomic E-state index is 0.272. The van der Waals surface area contributed by atoms with Crippen molar-refractivity contribution >= 4 is 54.5 Å². The second-order valence-electron chi connectivity index (χ2n) is 5.83. The molecule has 0 unspecified atom stereocenters. The summed E-state index contributed by atoms with van der Waals surface area (Å²) < 4.78 is 30.6. The lowest BCUT2D eigenvalue weighted by Gasteiger charge is -2.01. The van der Waals surface area contributed by atoms with Crippen LogP contribution in [-0.4, -0.2) is 39.6 Å². The van der Waals surface area contributed by atoms with Crippen LogP contribution >= 0.6 is 22.7 Å². The lowest BCUT2D eigenvalue weighted by molar-refractivity contribution is 0.0481. The highest BCUT2D eigenvalue weighted by atomic mass is 32.2. The Morgan fingerprint density at radius 2 is 1.85 bits per heavy atom. The van der Waals surface area contributed by atoms with E-state index in [9.17, 15) is 18.0 Å². The second-order valence-corrected chi connectivity index (χ2v) is 9.92. The molecular weight excluding hydrogens is 406 g/mol. The van der Waals surface area contributed by atoms with Crippen molar-refractivity contribution in [3.05, 3.63) is 57.1 Å². The highest BCUT2D eigenvalue weighted by molar-refractivity contribution is 7.88. The van der Waals surface area contributed by atoms with E-state index in [1.54, 1.807) is 18.2 Å². The van der Waals surface area contributed by atoms with Gasteiger partial charge in [0.2, 0.25) is 15.8 Å². The molecule has 1 N–H and O–H groups in total. The third kappa shape index (κ3) is 5.46. The zero-order chi connectivity index (χ0) is 19.4. The summed E-state index contributed by atoms with van der Waals surface area (Å²) in [5.41, 5.74) is 0. The number of sulfonamides is 1. The first-order chi connectivity index (χ1) is 12.8. The Morgan fingerprint density at radius 1 is 1.07 bits per heavy atom. The molecule has 2 heterocycles. The average Bonchev–Trinajstić information content (AvgIpc) is 3.25. The Kier molecular flexibility index (Phi) is 6.05. The first kappa shape index (κ1) is 19.7. The Balaban J connectivity index is 1.53. The number of hydrogen-bond donors (Lipinski definition) is 1. The summed E-state index contributed by atoms with van der Waals surface area (Å²) in [6.07, 6.45) is 1.59. The predicted octanol–water partition coefficient (Wildman–Crippen LogP) is 3.09. The van der Waals surface area contributed by atoms with Crippen molar-refractivity contribution in [3.8, 4) is 0 Å². The molecule has 6 nitrogen and oxygen atoms in total. The number of nitrogens with one attached hydrogen (secondary N) is 1. The van der Waals surface area contributed by atoms with Gasteiger partial charge in [0.25, 0.3) is 0 Å². The first-order valence-corrected chi connectivity index (χ1v) is 11.6. The maximum absolute atomic E-state index is 12.2. The number of hydrogen-bond acceptors (Lipinski definition) is 7. The quantitative estimate of drug-likeness (QED) is 0.444. The molecular formula is C18H17NO5S3. The smallest absolute Gasteiger partial charge is 0.348 e. The number of carbonyl (C=O) groups is 2. The van der Waals surface area contributed by atoms with Gasteiger partial charge in [0.1, 0.15) is 4.88 Å². The first-order valence-electron chi connectivity index (χ1n) is 8.04. The van der Waals surface area contributed by atoms with Gasteiger partial charge in [-0.25, -0.2) is 17.9 Å². The fourth-order valence-corrected chi connectivity index (χ4v) is 4.74. The number of rotatable bonds is 8. The molecule has 0 radical (unpaired) electrons. The van der Waals surface area contributed by atoms with E-state index in [1.165, 1.54) is 22.7 Å². The van der Waals surface area contributed by atoms with Crippen molar-refractivity contribution in [2.24, 2.45) is 0 Å². The normalized spacial score (nSPS) is 11.6. The molecule has 0 aliphatic rings. The van der Waals surface area contributed by atoms with Crippen molar-refractivity contribution < 1.29 is 22.7 Å². The Labute approximate surface area is 164 Å². The predicted molar refractivity (Wildman–Crippen MR) is 107 cm³/mol. The standard InChI is InChI=1S/C18H17NO5S3/c1-27(22,23)19-9-8-13-6-7-16(25-13)14(20)11-24-18(21)17-10-12-4-2-3-5-15(12)26-17/h2-7,10,19H,8-9,11H2,1H3. The molecule has 0 saturated carbocycles. The number of thiophene rings is 2. The third-order valence-electron chi connectivity index (χ3n) is 3.63. The van der Waals surface area contributed by atoms with E-state index < -0.39 is 16.0 Å². The molecule has 9 heteroatoms. The molecule has 3 rings (SSSR count). The number of esters is 1. The summed E-state index contributed by atoms with van der Waals surface area (Å²) in [6.45, 7) is -0.0531. The number of Topliss-reactive ketones (excluding diaryl/α,β-unsaturated/α-hetero) is 1. The number of ether oxygens (including phenoxy) is 1. The van der Waals surface area contributed by atoms with Crippen LogP contribution in [0.4, 0.5) is 0 Å². The fraction of sp³-hybridized carbons (Fsp3) is 0.222. The molecule has 3 aromatic rings. The van der Waals surface area contributed by atoms with Gasteiger partial charge in [-0.05, 0) is 36.1 Å². The van der Waals surface area contributed by atoms with Crippen LogP contribution in [0.5, 0.6) is 0 Å². The van der Waals surface area contributed by atoms with E-state index in [0.29, 0.717) is 16.2 Å². The molecule has 0 amide bonds. The molecule has 27 heavy (non-hydrogen) atoms. The minimum atomic E-state index is -3.23. The van der Waals surface area contributed by atoms with E-state index in [1.807, 2.05) is 24.3 Å². The topological polar surface area (TPSA) is 89.5 Å². The van der Waals surface area contributed by atoms with Crippen molar-refractivity contribution in [1.29, 1.82) is 0 Å². The molecule has 0 atom stereocenters. The van der Waals surface area contributed by atoms with Gasteiger partial charge in [0, 0.05) is 16.1 Å². The number of carbonyl (C=O) groups excluding carboxylic acids is 2. The van der Waals surface area contributed by atoms with Crippen LogP contribution in [0, 0.1) is 0 Å². The molecule has 0 spiro atoms. The maximum Gasteiger partial charge on any atom is 0.348 e. The van der Waals surface area contributed by atoms with Gasteiger partial charge in [-0.3, -0.25) is 4.79 Å². The Bertz CT molecular complexity index is 1050. The van der Waals surface area contributed by atoms with Crippen molar-refractivity contribution in [2.45, 2.75) is 6.42 Å². The Hall–Kier alpha value is -2.07. The van der Waals surface area contributed by atoms with Crippen LogP contribution in [0.1, 0.15) is 24.2 Å². The largest absolute Gasteiger partial charge is 0.453 e. The highest BCUT2D eigenvalue weighted by Crippen LogP contribution is 2.26. The van der Waals surface area contributed by atoms with E-state index in [2.05, 4.69) is 4.72 Å². The van der Waals surface area contributed by atoms with Crippen molar-refractivity contribution in [3.63, 3.8) is 0 Å². The summed E-state index contributed by atoms with van der Waals surface area (Å²) in [6, 6.07) is 12.8. The zero-order valence-corrected chi connectivity index (χ0v) is 16.9. The van der Waals surface area contributed by atoms with Crippen LogP contribution in [0.2, 0.25) is 0 Å². The average molecular weight is 424 g/mol. The molecule has 1 aromatic carbocycles. The minimum Gasteiger partial charge on any atom is -0.453 e. The van der Waals surface area contributed by atoms with E-state index in [4.69, 9.17) is 4.74 Å². The van der Waals surface area contributed by atoms with Crippen LogP contribution in [-0.2, 0) is 21.2 Å². The maximum atomic E-state index is 12.2. The van der Waals surface area contributed by atoms with E-state index >= 15 is 0 Å². The van der Waals surface area contributed by atoms with Crippen LogP contribution in [0.25, 0.3) is 10.1 Å². The SMILES string of the molecule is CS(=O)(=O)NCCc1ccc(C(=O)COC(=O)c2cc3ccccc3s2)s1. The fourth-order valence-electron chi connectivity index (χ4n) is 2.38. The van der Waals surface area contributed by atoms with Gasteiger partial charge in [-0.1, -0.05) is 18.2 Å². The molecule has 2 aromatic heterocycles. The van der Waals surface area contributed by atoms with E-state index in [0.717, 1.165) is 21.2 Å². The second kappa shape index (κ2) is 8.30. The van der Waals surface area contributed by atoms with Crippen LogP contribution in [0.3, 0.4) is 0 Å². The summed E-state index contributed by atoms with van der Waals surface area (Å²) >= 11 is 2.60. The summed E-state index contributed by atoms with van der Waals surface area (Å²) in [4.78, 5) is 26.2. The van der Waals surface area contributed by atoms with Gasteiger partial charge in [-0.15, -0.1) is 22.7 Å².